The average Bonchev–Trinajstić information content (AvgIpc) is 2.72. The van der Waals surface area contributed by atoms with E-state index in [0.717, 1.165) is 39.8 Å². The van der Waals surface area contributed by atoms with E-state index in [1.807, 2.05) is 19.2 Å². The Balaban J connectivity index is 1.46. The summed E-state index contributed by atoms with van der Waals surface area (Å²) in [6.45, 7) is 6.25. The Bertz CT molecular complexity index is 880. The van der Waals surface area contributed by atoms with Crippen molar-refractivity contribution >= 4 is 45.1 Å². The van der Waals surface area contributed by atoms with Gasteiger partial charge < -0.3 is 24.6 Å². The molecule has 3 atom stereocenters. The number of benzene rings is 1. The summed E-state index contributed by atoms with van der Waals surface area (Å²) in [5.74, 6) is -0.0775. The van der Waals surface area contributed by atoms with Crippen LogP contribution in [0.3, 0.4) is 0 Å². The summed E-state index contributed by atoms with van der Waals surface area (Å²) in [6.07, 6.45) is 1.30. The molecule has 1 aromatic heterocycles. The van der Waals surface area contributed by atoms with Crippen LogP contribution < -0.4 is 10.2 Å². The average molecular weight is 510 g/mol. The minimum Gasteiger partial charge on any atom is -0.374 e. The van der Waals surface area contributed by atoms with Gasteiger partial charge in [0.05, 0.1) is 30.9 Å². The van der Waals surface area contributed by atoms with Crippen LogP contribution in [0.15, 0.2) is 30.5 Å². The smallest absolute Gasteiger partial charge is 0.251 e. The number of likely N-dealkylation sites (N-methyl/N-ethyl adjacent to an activating group) is 1. The number of morpholine rings is 2. The third kappa shape index (κ3) is 4.82. The number of anilines is 1. The SMILES string of the molecule is C[C@@H]1CN(c2ccc(I)c3ncccc23)C[C@H](C(=O)NCC2CN(C)CCO2)O1. The molecule has 1 aromatic carbocycles. The molecular weight excluding hydrogens is 483 g/mol. The molecule has 7 nitrogen and oxygen atoms in total. The molecule has 3 heterocycles. The molecule has 0 saturated carbocycles. The summed E-state index contributed by atoms with van der Waals surface area (Å²) in [6, 6.07) is 8.24. The van der Waals surface area contributed by atoms with Crippen molar-refractivity contribution in [3.05, 3.63) is 34.0 Å². The van der Waals surface area contributed by atoms with E-state index in [1.165, 1.54) is 0 Å². The fourth-order valence-electron chi connectivity index (χ4n) is 4.01. The lowest BCUT2D eigenvalue weighted by Gasteiger charge is -2.38. The summed E-state index contributed by atoms with van der Waals surface area (Å²) in [4.78, 5) is 21.8. The summed E-state index contributed by atoms with van der Waals surface area (Å²) in [5, 5.41) is 4.13. The van der Waals surface area contributed by atoms with Gasteiger partial charge in [-0.05, 0) is 60.8 Å². The number of nitrogens with one attached hydrogen (secondary N) is 1. The minimum absolute atomic E-state index is 0.0287. The van der Waals surface area contributed by atoms with Gasteiger partial charge in [-0.2, -0.15) is 0 Å². The number of carbonyl (C=O) groups is 1. The van der Waals surface area contributed by atoms with E-state index in [9.17, 15) is 4.79 Å². The molecule has 2 aromatic rings. The number of carbonyl (C=O) groups excluding carboxylic acids is 1. The maximum absolute atomic E-state index is 12.8. The van der Waals surface area contributed by atoms with Crippen LogP contribution in [0, 0.1) is 3.57 Å². The van der Waals surface area contributed by atoms with Gasteiger partial charge in [-0.25, -0.2) is 0 Å². The highest BCUT2D eigenvalue weighted by Gasteiger charge is 2.32. The second-order valence-electron chi connectivity index (χ2n) is 7.81. The number of hydrogen-bond acceptors (Lipinski definition) is 6. The zero-order valence-corrected chi connectivity index (χ0v) is 19.0. The maximum Gasteiger partial charge on any atom is 0.251 e. The highest BCUT2D eigenvalue weighted by molar-refractivity contribution is 14.1. The van der Waals surface area contributed by atoms with Gasteiger partial charge in [0, 0.05) is 47.0 Å². The molecule has 1 amide bonds. The van der Waals surface area contributed by atoms with Crippen LogP contribution in [0.25, 0.3) is 10.9 Å². The fraction of sp³-hybridized carbons (Fsp3) is 0.524. The van der Waals surface area contributed by atoms with Crippen molar-refractivity contribution in [3.63, 3.8) is 0 Å². The number of fused-ring (bicyclic) bond motifs is 1. The molecule has 1 N–H and O–H groups in total. The lowest BCUT2D eigenvalue weighted by Crippen LogP contribution is -2.54. The molecule has 2 fully saturated rings. The van der Waals surface area contributed by atoms with E-state index in [4.69, 9.17) is 9.47 Å². The monoisotopic (exact) mass is 510 g/mol. The number of ether oxygens (including phenoxy) is 2. The number of halogens is 1. The molecule has 1 unspecified atom stereocenters. The van der Waals surface area contributed by atoms with Gasteiger partial charge in [0.25, 0.3) is 5.91 Å². The van der Waals surface area contributed by atoms with E-state index in [1.54, 1.807) is 0 Å². The predicted molar refractivity (Wildman–Crippen MR) is 121 cm³/mol. The van der Waals surface area contributed by atoms with Gasteiger partial charge in [-0.15, -0.1) is 0 Å². The summed E-state index contributed by atoms with van der Waals surface area (Å²) in [5.41, 5.74) is 2.09. The van der Waals surface area contributed by atoms with Crippen LogP contribution in [0.5, 0.6) is 0 Å². The molecular formula is C21H27IN4O3. The van der Waals surface area contributed by atoms with Crippen molar-refractivity contribution < 1.29 is 14.3 Å². The Morgan fingerprint density at radius 1 is 1.31 bits per heavy atom. The van der Waals surface area contributed by atoms with Gasteiger partial charge in [0.2, 0.25) is 0 Å². The van der Waals surface area contributed by atoms with Crippen molar-refractivity contribution in [2.24, 2.45) is 0 Å². The molecule has 29 heavy (non-hydrogen) atoms. The number of amides is 1. The van der Waals surface area contributed by atoms with Crippen LogP contribution >= 0.6 is 22.6 Å². The second kappa shape index (κ2) is 9.11. The van der Waals surface area contributed by atoms with Gasteiger partial charge >= 0.3 is 0 Å². The minimum atomic E-state index is -0.508. The first-order valence-corrected chi connectivity index (χ1v) is 11.1. The third-order valence-electron chi connectivity index (χ3n) is 5.44. The van der Waals surface area contributed by atoms with Crippen molar-refractivity contribution in [2.45, 2.75) is 25.2 Å². The highest BCUT2D eigenvalue weighted by Crippen LogP contribution is 2.31. The van der Waals surface area contributed by atoms with E-state index in [0.29, 0.717) is 19.7 Å². The van der Waals surface area contributed by atoms with E-state index >= 15 is 0 Å². The lowest BCUT2D eigenvalue weighted by atomic mass is 10.1. The Hall–Kier alpha value is -1.49. The molecule has 2 saturated heterocycles. The molecule has 156 valence electrons. The quantitative estimate of drug-likeness (QED) is 0.634. The number of rotatable bonds is 4. The Labute approximate surface area is 184 Å². The normalized spacial score (nSPS) is 25.9. The maximum atomic E-state index is 12.8. The molecule has 2 aliphatic heterocycles. The third-order valence-corrected chi connectivity index (χ3v) is 6.31. The highest BCUT2D eigenvalue weighted by atomic mass is 127. The molecule has 2 aliphatic rings. The number of hydrogen-bond donors (Lipinski definition) is 1. The molecule has 0 radical (unpaired) electrons. The first-order valence-electron chi connectivity index (χ1n) is 10.0. The van der Waals surface area contributed by atoms with Crippen molar-refractivity contribution in [1.29, 1.82) is 0 Å². The van der Waals surface area contributed by atoms with Crippen LogP contribution in [-0.4, -0.2) is 80.5 Å². The largest absolute Gasteiger partial charge is 0.374 e. The van der Waals surface area contributed by atoms with Crippen molar-refractivity contribution in [2.75, 3.05) is 51.3 Å². The summed E-state index contributed by atoms with van der Waals surface area (Å²) >= 11 is 2.31. The van der Waals surface area contributed by atoms with Gasteiger partial charge in [0.15, 0.2) is 6.10 Å². The standard InChI is InChI=1S/C21H27IN4O3/c1-14-11-26(18-6-5-17(22)20-16(18)4-3-7-23-20)13-19(29-14)21(27)24-10-15-12-25(2)8-9-28-15/h3-7,14-15,19H,8-13H2,1-2H3,(H,24,27)/t14-,15?,19-/m1/s1. The number of nitrogens with zero attached hydrogens (tertiary/aromatic N) is 3. The molecule has 8 heteroatoms. The van der Waals surface area contributed by atoms with Crippen LogP contribution in [0.2, 0.25) is 0 Å². The van der Waals surface area contributed by atoms with Crippen LogP contribution in [0.4, 0.5) is 5.69 Å². The summed E-state index contributed by atoms with van der Waals surface area (Å²) < 4.78 is 12.8. The Kier molecular flexibility index (Phi) is 6.53. The predicted octanol–water partition coefficient (Wildman–Crippen LogP) is 1.88. The first-order chi connectivity index (χ1) is 14.0. The van der Waals surface area contributed by atoms with Gasteiger partial charge in [-0.3, -0.25) is 9.78 Å². The van der Waals surface area contributed by atoms with Crippen LogP contribution in [0.1, 0.15) is 6.92 Å². The Morgan fingerprint density at radius 2 is 2.17 bits per heavy atom. The van der Waals surface area contributed by atoms with Crippen molar-refractivity contribution in [1.82, 2.24) is 15.2 Å². The first kappa shape index (κ1) is 20.8. The topological polar surface area (TPSA) is 66.9 Å². The molecule has 0 aliphatic carbocycles. The molecule has 4 rings (SSSR count). The van der Waals surface area contributed by atoms with Gasteiger partial charge in [-0.1, -0.05) is 0 Å². The lowest BCUT2D eigenvalue weighted by molar-refractivity contribution is -0.138. The van der Waals surface area contributed by atoms with Gasteiger partial charge in [0.1, 0.15) is 0 Å². The van der Waals surface area contributed by atoms with Crippen LogP contribution in [-0.2, 0) is 14.3 Å². The second-order valence-corrected chi connectivity index (χ2v) is 8.97. The summed E-state index contributed by atoms with van der Waals surface area (Å²) in [7, 11) is 2.07. The zero-order valence-electron chi connectivity index (χ0n) is 16.8. The van der Waals surface area contributed by atoms with E-state index in [-0.39, 0.29) is 18.1 Å². The number of pyridine rings is 1. The van der Waals surface area contributed by atoms with Crippen molar-refractivity contribution in [3.8, 4) is 0 Å². The fourth-order valence-corrected chi connectivity index (χ4v) is 4.62. The Morgan fingerprint density at radius 3 is 3.00 bits per heavy atom. The molecule has 0 spiro atoms. The molecule has 0 bridgehead atoms. The zero-order chi connectivity index (χ0) is 20.4. The van der Waals surface area contributed by atoms with E-state index < -0.39 is 6.10 Å². The number of aromatic nitrogens is 1. The van der Waals surface area contributed by atoms with E-state index in [2.05, 4.69) is 67.9 Å².